The molecule has 0 aliphatic heterocycles. The van der Waals surface area contributed by atoms with Crippen LogP contribution in [0.15, 0.2) is 48.9 Å². The van der Waals surface area contributed by atoms with Crippen LogP contribution in [0.4, 0.5) is 0 Å². The molecule has 27 heavy (non-hydrogen) atoms. The number of methoxy groups -OCH3 is 2. The molecule has 0 aliphatic rings. The van der Waals surface area contributed by atoms with Crippen LogP contribution in [0.1, 0.15) is 10.4 Å². The minimum atomic E-state index is -0.566. The fraction of sp³-hybridized carbons (Fsp3) is 0.105. The molecule has 2 heterocycles. The Hall–Kier alpha value is -3.65. The lowest BCUT2D eigenvalue weighted by atomic mass is 10.1. The lowest BCUT2D eigenvalue weighted by Crippen LogP contribution is -2.18. The molecule has 2 aromatic carbocycles. The smallest absolute Gasteiger partial charge is 0.274 e. The third-order valence-electron chi connectivity index (χ3n) is 4.39. The third kappa shape index (κ3) is 2.72. The summed E-state index contributed by atoms with van der Waals surface area (Å²) in [5, 5.41) is 9.61. The number of ether oxygens (including phenoxy) is 2. The Morgan fingerprint density at radius 2 is 1.74 bits per heavy atom. The number of nitrogens with one attached hydrogen (secondary N) is 1. The first-order valence-corrected chi connectivity index (χ1v) is 8.09. The predicted molar refractivity (Wildman–Crippen MR) is 98.7 cm³/mol. The summed E-state index contributed by atoms with van der Waals surface area (Å²) in [5.74, 6) is 0.632. The molecule has 0 unspecified atom stereocenters. The summed E-state index contributed by atoms with van der Waals surface area (Å²) >= 11 is 0. The van der Waals surface area contributed by atoms with Gasteiger partial charge in [0.15, 0.2) is 11.5 Å². The SMILES string of the molecule is COc1cc2ncc3ncn(-c4ccc(C(=O)NO)cc4)c3c2cc1OC. The zero-order valence-corrected chi connectivity index (χ0v) is 14.6. The van der Waals surface area contributed by atoms with Crippen LogP contribution in [0.2, 0.25) is 0 Å². The molecule has 136 valence electrons. The van der Waals surface area contributed by atoms with Crippen LogP contribution >= 0.6 is 0 Å². The number of fused-ring (bicyclic) bond motifs is 3. The zero-order valence-electron chi connectivity index (χ0n) is 14.6. The van der Waals surface area contributed by atoms with Crippen molar-refractivity contribution >= 4 is 27.8 Å². The van der Waals surface area contributed by atoms with E-state index in [-0.39, 0.29) is 0 Å². The number of rotatable bonds is 4. The Balaban J connectivity index is 1.93. The number of hydrogen-bond donors (Lipinski definition) is 2. The highest BCUT2D eigenvalue weighted by atomic mass is 16.5. The quantitative estimate of drug-likeness (QED) is 0.427. The normalized spacial score (nSPS) is 10.9. The second-order valence-corrected chi connectivity index (χ2v) is 5.82. The molecular formula is C19H16N4O4. The second-order valence-electron chi connectivity index (χ2n) is 5.82. The lowest BCUT2D eigenvalue weighted by Gasteiger charge is -2.11. The van der Waals surface area contributed by atoms with Gasteiger partial charge in [-0.1, -0.05) is 0 Å². The number of hydroxylamine groups is 1. The fourth-order valence-electron chi connectivity index (χ4n) is 3.05. The van der Waals surface area contributed by atoms with E-state index in [1.165, 1.54) is 0 Å². The van der Waals surface area contributed by atoms with Gasteiger partial charge in [-0.3, -0.25) is 19.6 Å². The summed E-state index contributed by atoms with van der Waals surface area (Å²) in [6, 6.07) is 10.5. The molecule has 4 aromatic rings. The molecule has 0 radical (unpaired) electrons. The molecule has 0 atom stereocenters. The van der Waals surface area contributed by atoms with Crippen molar-refractivity contribution in [2.75, 3.05) is 14.2 Å². The number of aromatic nitrogens is 3. The van der Waals surface area contributed by atoms with Crippen molar-refractivity contribution in [1.82, 2.24) is 20.0 Å². The van der Waals surface area contributed by atoms with E-state index in [1.54, 1.807) is 56.5 Å². The van der Waals surface area contributed by atoms with E-state index in [9.17, 15) is 4.79 Å². The molecule has 0 fully saturated rings. The van der Waals surface area contributed by atoms with Crippen LogP contribution in [0.25, 0.3) is 27.6 Å². The number of carbonyl (C=O) groups excluding carboxylic acids is 1. The van der Waals surface area contributed by atoms with Crippen molar-refractivity contribution in [3.05, 3.63) is 54.5 Å². The van der Waals surface area contributed by atoms with Crippen molar-refractivity contribution < 1.29 is 19.5 Å². The molecule has 2 aromatic heterocycles. The van der Waals surface area contributed by atoms with Gasteiger partial charge in [-0.2, -0.15) is 0 Å². The van der Waals surface area contributed by atoms with Gasteiger partial charge in [-0.15, -0.1) is 0 Å². The Labute approximate surface area is 153 Å². The topological polar surface area (TPSA) is 98.5 Å². The molecule has 8 nitrogen and oxygen atoms in total. The van der Waals surface area contributed by atoms with Gasteiger partial charge in [-0.05, 0) is 30.3 Å². The molecule has 2 N–H and O–H groups in total. The Morgan fingerprint density at radius 3 is 2.41 bits per heavy atom. The Morgan fingerprint density at radius 1 is 1.04 bits per heavy atom. The maximum Gasteiger partial charge on any atom is 0.274 e. The minimum Gasteiger partial charge on any atom is -0.493 e. The summed E-state index contributed by atoms with van der Waals surface area (Å²) in [6.07, 6.45) is 3.40. The van der Waals surface area contributed by atoms with Gasteiger partial charge in [0.25, 0.3) is 5.91 Å². The highest BCUT2D eigenvalue weighted by molar-refractivity contribution is 6.04. The Kier molecular flexibility index (Phi) is 4.09. The summed E-state index contributed by atoms with van der Waals surface area (Å²) in [6.45, 7) is 0. The van der Waals surface area contributed by atoms with E-state index in [4.69, 9.17) is 14.7 Å². The highest BCUT2D eigenvalue weighted by Crippen LogP contribution is 2.35. The monoisotopic (exact) mass is 364 g/mol. The molecule has 4 rings (SSSR count). The molecule has 0 saturated carbocycles. The summed E-state index contributed by atoms with van der Waals surface area (Å²) in [5.41, 5.74) is 5.12. The third-order valence-corrected chi connectivity index (χ3v) is 4.39. The average Bonchev–Trinajstić information content (AvgIpc) is 3.16. The van der Waals surface area contributed by atoms with E-state index in [2.05, 4.69) is 9.97 Å². The first-order chi connectivity index (χ1) is 13.2. The molecule has 0 aliphatic carbocycles. The second kappa shape index (κ2) is 6.58. The number of imidazole rings is 1. The van der Waals surface area contributed by atoms with Crippen molar-refractivity contribution in [1.29, 1.82) is 0 Å². The fourth-order valence-corrected chi connectivity index (χ4v) is 3.05. The van der Waals surface area contributed by atoms with Gasteiger partial charge in [0.05, 0.1) is 31.4 Å². The van der Waals surface area contributed by atoms with Gasteiger partial charge >= 0.3 is 0 Å². The van der Waals surface area contributed by atoms with Crippen LogP contribution in [-0.2, 0) is 0 Å². The zero-order chi connectivity index (χ0) is 19.0. The summed E-state index contributed by atoms with van der Waals surface area (Å²) < 4.78 is 12.7. The number of nitrogens with zero attached hydrogens (tertiary/aromatic N) is 3. The maximum atomic E-state index is 11.5. The van der Waals surface area contributed by atoms with Crippen molar-refractivity contribution in [2.45, 2.75) is 0 Å². The van der Waals surface area contributed by atoms with E-state index >= 15 is 0 Å². The average molecular weight is 364 g/mol. The van der Waals surface area contributed by atoms with Gasteiger partial charge < -0.3 is 9.47 Å². The van der Waals surface area contributed by atoms with Gasteiger partial charge in [0.2, 0.25) is 0 Å². The number of pyridine rings is 1. The summed E-state index contributed by atoms with van der Waals surface area (Å²) in [4.78, 5) is 20.4. The first-order valence-electron chi connectivity index (χ1n) is 8.09. The van der Waals surface area contributed by atoms with E-state index in [0.29, 0.717) is 17.1 Å². The van der Waals surface area contributed by atoms with Gasteiger partial charge in [-0.25, -0.2) is 10.5 Å². The van der Waals surface area contributed by atoms with Gasteiger partial charge in [0.1, 0.15) is 11.8 Å². The number of benzene rings is 2. The van der Waals surface area contributed by atoms with E-state index in [0.717, 1.165) is 27.6 Å². The molecule has 0 bridgehead atoms. The first kappa shape index (κ1) is 16.8. The van der Waals surface area contributed by atoms with Crippen molar-refractivity contribution in [2.24, 2.45) is 0 Å². The summed E-state index contributed by atoms with van der Waals surface area (Å²) in [7, 11) is 3.16. The molecule has 8 heteroatoms. The van der Waals surface area contributed by atoms with Crippen LogP contribution in [0.5, 0.6) is 11.5 Å². The maximum absolute atomic E-state index is 11.5. The van der Waals surface area contributed by atoms with Crippen LogP contribution in [-0.4, -0.2) is 39.9 Å². The van der Waals surface area contributed by atoms with Crippen LogP contribution in [0, 0.1) is 0 Å². The lowest BCUT2D eigenvalue weighted by molar-refractivity contribution is 0.0706. The van der Waals surface area contributed by atoms with Crippen LogP contribution < -0.4 is 15.0 Å². The number of amides is 1. The number of carbonyl (C=O) groups is 1. The Bertz CT molecular complexity index is 1150. The molecular weight excluding hydrogens is 348 g/mol. The molecule has 0 spiro atoms. The van der Waals surface area contributed by atoms with Crippen LogP contribution in [0.3, 0.4) is 0 Å². The predicted octanol–water partition coefficient (Wildman–Crippen LogP) is 2.71. The van der Waals surface area contributed by atoms with Crippen molar-refractivity contribution in [3.63, 3.8) is 0 Å². The molecule has 1 amide bonds. The standard InChI is InChI=1S/C19H16N4O4/c1-26-16-7-13-14(8-17(16)27-2)20-9-15-18(13)23(10-21-15)12-5-3-11(4-6-12)19(24)22-25/h3-10,25H,1-2H3,(H,22,24). The largest absolute Gasteiger partial charge is 0.493 e. The number of hydrogen-bond acceptors (Lipinski definition) is 6. The van der Waals surface area contributed by atoms with E-state index < -0.39 is 5.91 Å². The minimum absolute atomic E-state index is 0.351. The van der Waals surface area contributed by atoms with Gasteiger partial charge in [0, 0.05) is 22.7 Å². The van der Waals surface area contributed by atoms with Crippen molar-refractivity contribution in [3.8, 4) is 17.2 Å². The van der Waals surface area contributed by atoms with E-state index in [1.807, 2.05) is 16.7 Å². The highest BCUT2D eigenvalue weighted by Gasteiger charge is 2.14. The molecule has 0 saturated heterocycles.